The predicted molar refractivity (Wildman–Crippen MR) is 92.2 cm³/mol. The van der Waals surface area contributed by atoms with E-state index in [0.717, 1.165) is 16.8 Å². The highest BCUT2D eigenvalue weighted by Crippen LogP contribution is 2.15. The van der Waals surface area contributed by atoms with Crippen LogP contribution in [0.15, 0.2) is 61.2 Å². The van der Waals surface area contributed by atoms with E-state index in [4.69, 9.17) is 0 Å². The Labute approximate surface area is 141 Å². The summed E-state index contributed by atoms with van der Waals surface area (Å²) in [5.74, 6) is 0.00580. The van der Waals surface area contributed by atoms with Crippen LogP contribution in [0.5, 0.6) is 0 Å². The Morgan fingerprint density at radius 1 is 1.00 bits per heavy atom. The molecular weight excluding hydrogens is 300 g/mol. The first-order chi connectivity index (χ1) is 11.6. The molecule has 0 unspecified atom stereocenters. The Bertz CT molecular complexity index is 770. The van der Waals surface area contributed by atoms with Gasteiger partial charge in [-0.2, -0.15) is 0 Å². The second kappa shape index (κ2) is 7.08. The minimum atomic E-state index is 0.00580. The minimum absolute atomic E-state index is 0.00580. The molecule has 3 rings (SSSR count). The summed E-state index contributed by atoms with van der Waals surface area (Å²) in [4.78, 5) is 23.1. The van der Waals surface area contributed by atoms with Crippen LogP contribution < -0.4 is 0 Å². The molecule has 5 nitrogen and oxygen atoms in total. The molecule has 0 atom stereocenters. The van der Waals surface area contributed by atoms with E-state index in [0.29, 0.717) is 18.8 Å². The van der Waals surface area contributed by atoms with E-state index in [-0.39, 0.29) is 5.91 Å². The van der Waals surface area contributed by atoms with Crippen molar-refractivity contribution < 1.29 is 4.79 Å². The fourth-order valence-corrected chi connectivity index (χ4v) is 2.61. The lowest BCUT2D eigenvalue weighted by atomic mass is 10.2. The number of carbonyl (C=O) groups is 1. The van der Waals surface area contributed by atoms with Gasteiger partial charge in [0.1, 0.15) is 5.69 Å². The van der Waals surface area contributed by atoms with Gasteiger partial charge < -0.3 is 9.47 Å². The molecule has 24 heavy (non-hydrogen) atoms. The normalized spacial score (nSPS) is 10.6. The molecule has 0 radical (unpaired) electrons. The molecule has 0 spiro atoms. The number of rotatable bonds is 5. The van der Waals surface area contributed by atoms with Crippen LogP contribution in [-0.2, 0) is 20.1 Å². The van der Waals surface area contributed by atoms with Gasteiger partial charge in [-0.15, -0.1) is 0 Å². The third-order valence-corrected chi connectivity index (χ3v) is 4.10. The van der Waals surface area contributed by atoms with Gasteiger partial charge in [-0.05, 0) is 48.4 Å². The van der Waals surface area contributed by atoms with Crippen LogP contribution in [-0.4, -0.2) is 25.3 Å². The summed E-state index contributed by atoms with van der Waals surface area (Å²) in [6.45, 7) is 3.03. The van der Waals surface area contributed by atoms with Crippen molar-refractivity contribution in [3.8, 4) is 0 Å². The fraction of sp³-hybridized carbons (Fsp3) is 0.211. The predicted octanol–water partition coefficient (Wildman–Crippen LogP) is 2.97. The number of carbonyl (C=O) groups excluding carboxylic acids is 1. The third-order valence-electron chi connectivity index (χ3n) is 4.10. The first-order valence-corrected chi connectivity index (χ1v) is 7.84. The van der Waals surface area contributed by atoms with Gasteiger partial charge in [-0.3, -0.25) is 14.8 Å². The van der Waals surface area contributed by atoms with Gasteiger partial charge in [-0.25, -0.2) is 0 Å². The molecule has 3 aromatic rings. The zero-order chi connectivity index (χ0) is 16.9. The molecule has 1 amide bonds. The van der Waals surface area contributed by atoms with Crippen LogP contribution in [0.1, 0.15) is 27.3 Å². The van der Waals surface area contributed by atoms with Crippen molar-refractivity contribution in [1.29, 1.82) is 0 Å². The molecular formula is C19H20N4O. The standard InChI is InChI=1S/C19H20N4O/c1-15-5-6-18(22(15)2)19(24)23(13-16-7-10-20-11-8-16)14-17-4-3-9-21-12-17/h3-12H,13-14H2,1-2H3. The number of hydrogen-bond donors (Lipinski definition) is 0. The van der Waals surface area contributed by atoms with Crippen LogP contribution in [0, 0.1) is 6.92 Å². The minimum Gasteiger partial charge on any atom is -0.344 e. The number of aryl methyl sites for hydroxylation is 1. The van der Waals surface area contributed by atoms with Crippen molar-refractivity contribution >= 4 is 5.91 Å². The highest BCUT2D eigenvalue weighted by Gasteiger charge is 2.19. The molecule has 0 bridgehead atoms. The van der Waals surface area contributed by atoms with Crippen molar-refractivity contribution in [3.63, 3.8) is 0 Å². The van der Waals surface area contributed by atoms with Crippen molar-refractivity contribution in [2.24, 2.45) is 7.05 Å². The van der Waals surface area contributed by atoms with Crippen molar-refractivity contribution in [2.45, 2.75) is 20.0 Å². The lowest BCUT2D eigenvalue weighted by Crippen LogP contribution is -2.31. The van der Waals surface area contributed by atoms with Crippen molar-refractivity contribution in [1.82, 2.24) is 19.4 Å². The average molecular weight is 320 g/mol. The lowest BCUT2D eigenvalue weighted by Gasteiger charge is -2.23. The van der Waals surface area contributed by atoms with Gasteiger partial charge >= 0.3 is 0 Å². The first kappa shape index (κ1) is 15.9. The average Bonchev–Trinajstić information content (AvgIpc) is 2.95. The quantitative estimate of drug-likeness (QED) is 0.726. The molecule has 0 aliphatic heterocycles. The Balaban J connectivity index is 1.89. The molecule has 5 heteroatoms. The van der Waals surface area contributed by atoms with Crippen LogP contribution in [0.4, 0.5) is 0 Å². The molecule has 3 heterocycles. The smallest absolute Gasteiger partial charge is 0.271 e. The third kappa shape index (κ3) is 3.51. The van der Waals surface area contributed by atoms with E-state index in [2.05, 4.69) is 9.97 Å². The summed E-state index contributed by atoms with van der Waals surface area (Å²) < 4.78 is 1.92. The number of amides is 1. The lowest BCUT2D eigenvalue weighted by molar-refractivity contribution is 0.0720. The van der Waals surface area contributed by atoms with Crippen LogP contribution in [0.25, 0.3) is 0 Å². The zero-order valence-corrected chi connectivity index (χ0v) is 13.9. The van der Waals surface area contributed by atoms with Gasteiger partial charge in [-0.1, -0.05) is 6.07 Å². The fourth-order valence-electron chi connectivity index (χ4n) is 2.61. The topological polar surface area (TPSA) is 51.0 Å². The molecule has 0 aliphatic carbocycles. The highest BCUT2D eigenvalue weighted by atomic mass is 16.2. The number of pyridine rings is 2. The molecule has 0 saturated heterocycles. The molecule has 0 fully saturated rings. The van der Waals surface area contributed by atoms with E-state index < -0.39 is 0 Å². The van der Waals surface area contributed by atoms with Crippen LogP contribution in [0.2, 0.25) is 0 Å². The van der Waals surface area contributed by atoms with Gasteiger partial charge in [0, 0.05) is 50.6 Å². The maximum atomic E-state index is 13.1. The monoisotopic (exact) mass is 320 g/mol. The van der Waals surface area contributed by atoms with Crippen molar-refractivity contribution in [2.75, 3.05) is 0 Å². The van der Waals surface area contributed by atoms with E-state index in [1.807, 2.05) is 59.8 Å². The summed E-state index contributed by atoms with van der Waals surface area (Å²) in [6, 6.07) is 11.6. The summed E-state index contributed by atoms with van der Waals surface area (Å²) in [7, 11) is 1.91. The van der Waals surface area contributed by atoms with E-state index in [9.17, 15) is 4.79 Å². The molecule has 3 aromatic heterocycles. The first-order valence-electron chi connectivity index (χ1n) is 7.84. The maximum Gasteiger partial charge on any atom is 0.271 e. The van der Waals surface area contributed by atoms with Gasteiger partial charge in [0.25, 0.3) is 5.91 Å². The van der Waals surface area contributed by atoms with Crippen LogP contribution >= 0.6 is 0 Å². The number of aromatic nitrogens is 3. The summed E-state index contributed by atoms with van der Waals surface area (Å²) >= 11 is 0. The molecule has 0 aliphatic rings. The second-order valence-electron chi connectivity index (χ2n) is 5.80. The molecule has 0 aromatic carbocycles. The summed E-state index contributed by atoms with van der Waals surface area (Å²) in [5.41, 5.74) is 3.80. The Kier molecular flexibility index (Phi) is 4.70. The van der Waals surface area contributed by atoms with E-state index in [1.165, 1.54) is 0 Å². The molecule has 0 N–H and O–H groups in total. The molecule has 0 saturated carbocycles. The number of nitrogens with zero attached hydrogens (tertiary/aromatic N) is 4. The largest absolute Gasteiger partial charge is 0.344 e. The van der Waals surface area contributed by atoms with Crippen LogP contribution in [0.3, 0.4) is 0 Å². The zero-order valence-electron chi connectivity index (χ0n) is 13.9. The summed E-state index contributed by atoms with van der Waals surface area (Å²) in [6.07, 6.45) is 7.02. The van der Waals surface area contributed by atoms with Gasteiger partial charge in [0.2, 0.25) is 0 Å². The highest BCUT2D eigenvalue weighted by molar-refractivity contribution is 5.92. The second-order valence-corrected chi connectivity index (χ2v) is 5.80. The summed E-state index contributed by atoms with van der Waals surface area (Å²) in [5, 5.41) is 0. The van der Waals surface area contributed by atoms with Gasteiger partial charge in [0.05, 0.1) is 0 Å². The number of hydrogen-bond acceptors (Lipinski definition) is 3. The van der Waals surface area contributed by atoms with Gasteiger partial charge in [0.15, 0.2) is 0 Å². The Morgan fingerprint density at radius 2 is 1.75 bits per heavy atom. The van der Waals surface area contributed by atoms with Crippen molar-refractivity contribution in [3.05, 3.63) is 83.7 Å². The Morgan fingerprint density at radius 3 is 2.38 bits per heavy atom. The SMILES string of the molecule is Cc1ccc(C(=O)N(Cc2ccncc2)Cc2cccnc2)n1C. The van der Waals surface area contributed by atoms with E-state index >= 15 is 0 Å². The maximum absolute atomic E-state index is 13.1. The molecule has 122 valence electrons. The van der Waals surface area contributed by atoms with E-state index in [1.54, 1.807) is 24.8 Å². The Hall–Kier alpha value is -2.95.